The Morgan fingerprint density at radius 3 is 2.65 bits per heavy atom. The predicted octanol–water partition coefficient (Wildman–Crippen LogP) is 2.97. The summed E-state index contributed by atoms with van der Waals surface area (Å²) in [5.41, 5.74) is 0.659. The number of benzene rings is 1. The van der Waals surface area contributed by atoms with Crippen LogP contribution in [0.1, 0.15) is 18.1 Å². The Kier molecular flexibility index (Phi) is 4.81. The van der Waals surface area contributed by atoms with Gasteiger partial charge in [0.1, 0.15) is 5.60 Å². The van der Waals surface area contributed by atoms with E-state index in [0.717, 1.165) is 11.1 Å². The molecule has 2 rings (SSSR count). The summed E-state index contributed by atoms with van der Waals surface area (Å²) in [5.74, 6) is -0.122. The number of halogens is 1. The number of amides is 1. The van der Waals surface area contributed by atoms with E-state index < -0.39 is 5.60 Å². The van der Waals surface area contributed by atoms with Gasteiger partial charge in [-0.2, -0.15) is 11.3 Å². The van der Waals surface area contributed by atoms with Crippen molar-refractivity contribution in [2.24, 2.45) is 0 Å². The minimum Gasteiger partial charge on any atom is -0.384 e. The maximum absolute atomic E-state index is 11.9. The minimum absolute atomic E-state index is 0.122. The highest BCUT2D eigenvalue weighted by atomic mass is 35.5. The molecule has 1 heterocycles. The maximum Gasteiger partial charge on any atom is 0.224 e. The normalized spacial score (nSPS) is 13.8. The Hall–Kier alpha value is -1.36. The molecule has 1 amide bonds. The molecular formula is C15H16ClNO2S. The number of carbonyl (C=O) groups excluding carboxylic acids is 1. The second-order valence-corrected chi connectivity index (χ2v) is 6.08. The number of nitrogens with one attached hydrogen (secondary N) is 1. The summed E-state index contributed by atoms with van der Waals surface area (Å²) in [7, 11) is 0. The lowest BCUT2D eigenvalue weighted by Gasteiger charge is -2.22. The van der Waals surface area contributed by atoms with Crippen LogP contribution in [0, 0.1) is 0 Å². The molecule has 0 aliphatic heterocycles. The summed E-state index contributed by atoms with van der Waals surface area (Å²) in [6, 6.07) is 9.01. The fourth-order valence-corrected chi connectivity index (χ4v) is 2.70. The standard InChI is InChI=1S/C15H16ClNO2S/c1-15(19,12-6-7-20-9-12)10-17-14(18)8-11-2-4-13(16)5-3-11/h2-7,9,19H,8,10H2,1H3,(H,17,18). The van der Waals surface area contributed by atoms with Crippen molar-refractivity contribution in [1.82, 2.24) is 5.32 Å². The summed E-state index contributed by atoms with van der Waals surface area (Å²) in [6.07, 6.45) is 0.275. The van der Waals surface area contributed by atoms with Crippen LogP contribution in [0.25, 0.3) is 0 Å². The minimum atomic E-state index is -1.05. The SMILES string of the molecule is CC(O)(CNC(=O)Cc1ccc(Cl)cc1)c1ccsc1. The Balaban J connectivity index is 1.88. The van der Waals surface area contributed by atoms with Gasteiger partial charge in [0, 0.05) is 5.02 Å². The van der Waals surface area contributed by atoms with Crippen molar-refractivity contribution in [2.75, 3.05) is 6.54 Å². The van der Waals surface area contributed by atoms with Gasteiger partial charge in [0.2, 0.25) is 5.91 Å². The van der Waals surface area contributed by atoms with Gasteiger partial charge in [-0.25, -0.2) is 0 Å². The molecule has 2 aromatic rings. The molecule has 0 saturated heterocycles. The van der Waals surface area contributed by atoms with Crippen LogP contribution in [0.4, 0.5) is 0 Å². The van der Waals surface area contributed by atoms with Gasteiger partial charge in [0.05, 0.1) is 13.0 Å². The van der Waals surface area contributed by atoms with Crippen LogP contribution in [0.15, 0.2) is 41.1 Å². The van der Waals surface area contributed by atoms with Crippen molar-refractivity contribution >= 4 is 28.8 Å². The Labute approximate surface area is 127 Å². The third kappa shape index (κ3) is 4.07. The summed E-state index contributed by atoms with van der Waals surface area (Å²) >= 11 is 7.31. The average Bonchev–Trinajstić information content (AvgIpc) is 2.94. The number of aliphatic hydroxyl groups is 1. The lowest BCUT2D eigenvalue weighted by molar-refractivity contribution is -0.121. The Morgan fingerprint density at radius 1 is 1.35 bits per heavy atom. The smallest absolute Gasteiger partial charge is 0.224 e. The zero-order chi connectivity index (χ0) is 14.6. The van der Waals surface area contributed by atoms with E-state index in [1.807, 2.05) is 29.0 Å². The van der Waals surface area contributed by atoms with Crippen LogP contribution >= 0.6 is 22.9 Å². The molecule has 2 N–H and O–H groups in total. The molecule has 3 nitrogen and oxygen atoms in total. The first-order valence-electron chi connectivity index (χ1n) is 6.23. The van der Waals surface area contributed by atoms with Gasteiger partial charge in [0.25, 0.3) is 0 Å². The second kappa shape index (κ2) is 6.39. The summed E-state index contributed by atoms with van der Waals surface area (Å²) in [6.45, 7) is 1.88. The Morgan fingerprint density at radius 2 is 2.05 bits per heavy atom. The number of rotatable bonds is 5. The molecule has 0 fully saturated rings. The molecule has 1 aromatic carbocycles. The van der Waals surface area contributed by atoms with E-state index in [-0.39, 0.29) is 18.9 Å². The first-order valence-corrected chi connectivity index (χ1v) is 7.56. The van der Waals surface area contributed by atoms with Gasteiger partial charge < -0.3 is 10.4 Å². The predicted molar refractivity (Wildman–Crippen MR) is 82.1 cm³/mol. The highest BCUT2D eigenvalue weighted by molar-refractivity contribution is 7.08. The summed E-state index contributed by atoms with van der Waals surface area (Å²) in [5, 5.41) is 17.5. The third-order valence-corrected chi connectivity index (χ3v) is 3.99. The molecule has 5 heteroatoms. The summed E-state index contributed by atoms with van der Waals surface area (Å²) < 4.78 is 0. The molecule has 0 spiro atoms. The second-order valence-electron chi connectivity index (χ2n) is 4.87. The topological polar surface area (TPSA) is 49.3 Å². The van der Waals surface area contributed by atoms with E-state index in [1.54, 1.807) is 19.1 Å². The third-order valence-electron chi connectivity index (χ3n) is 3.05. The molecule has 0 saturated carbocycles. The molecule has 0 aliphatic rings. The molecule has 1 unspecified atom stereocenters. The Bertz CT molecular complexity index is 564. The molecule has 106 valence electrons. The van der Waals surface area contributed by atoms with E-state index in [2.05, 4.69) is 5.32 Å². The van der Waals surface area contributed by atoms with Crippen molar-refractivity contribution in [3.63, 3.8) is 0 Å². The fourth-order valence-electron chi connectivity index (χ4n) is 1.79. The van der Waals surface area contributed by atoms with Crippen molar-refractivity contribution in [3.05, 3.63) is 57.2 Å². The van der Waals surface area contributed by atoms with Gasteiger partial charge in [-0.1, -0.05) is 23.7 Å². The molecule has 1 atom stereocenters. The quantitative estimate of drug-likeness (QED) is 0.892. The van der Waals surface area contributed by atoms with Crippen LogP contribution < -0.4 is 5.32 Å². The van der Waals surface area contributed by atoms with Crippen LogP contribution in [-0.4, -0.2) is 17.6 Å². The van der Waals surface area contributed by atoms with Crippen LogP contribution in [0.5, 0.6) is 0 Å². The fraction of sp³-hybridized carbons (Fsp3) is 0.267. The molecule has 1 aromatic heterocycles. The monoisotopic (exact) mass is 309 g/mol. The van der Waals surface area contributed by atoms with Gasteiger partial charge >= 0.3 is 0 Å². The molecule has 0 radical (unpaired) electrons. The van der Waals surface area contributed by atoms with Crippen molar-refractivity contribution in [2.45, 2.75) is 18.9 Å². The zero-order valence-electron chi connectivity index (χ0n) is 11.1. The van der Waals surface area contributed by atoms with E-state index in [4.69, 9.17) is 11.6 Å². The van der Waals surface area contributed by atoms with Crippen LogP contribution in [-0.2, 0) is 16.8 Å². The van der Waals surface area contributed by atoms with Gasteiger partial charge in [0.15, 0.2) is 0 Å². The lowest BCUT2D eigenvalue weighted by atomic mass is 9.99. The van der Waals surface area contributed by atoms with Crippen molar-refractivity contribution < 1.29 is 9.90 Å². The first-order chi connectivity index (χ1) is 9.47. The van der Waals surface area contributed by atoms with Gasteiger partial charge in [-0.3, -0.25) is 4.79 Å². The van der Waals surface area contributed by atoms with Crippen molar-refractivity contribution in [1.29, 1.82) is 0 Å². The molecule has 0 aliphatic carbocycles. The summed E-state index contributed by atoms with van der Waals surface area (Å²) in [4.78, 5) is 11.9. The van der Waals surface area contributed by atoms with Crippen LogP contribution in [0.2, 0.25) is 5.02 Å². The van der Waals surface area contributed by atoms with E-state index >= 15 is 0 Å². The molecule has 0 bridgehead atoms. The highest BCUT2D eigenvalue weighted by Crippen LogP contribution is 2.22. The number of hydrogen-bond acceptors (Lipinski definition) is 3. The zero-order valence-corrected chi connectivity index (χ0v) is 12.7. The first kappa shape index (κ1) is 15.0. The van der Waals surface area contributed by atoms with Crippen molar-refractivity contribution in [3.8, 4) is 0 Å². The van der Waals surface area contributed by atoms with Gasteiger partial charge in [-0.15, -0.1) is 0 Å². The lowest BCUT2D eigenvalue weighted by Crippen LogP contribution is -2.39. The number of thiophene rings is 1. The van der Waals surface area contributed by atoms with E-state index in [9.17, 15) is 9.90 Å². The van der Waals surface area contributed by atoms with E-state index in [0.29, 0.717) is 5.02 Å². The molecular weight excluding hydrogens is 294 g/mol. The average molecular weight is 310 g/mol. The van der Waals surface area contributed by atoms with E-state index in [1.165, 1.54) is 11.3 Å². The van der Waals surface area contributed by atoms with Crippen LogP contribution in [0.3, 0.4) is 0 Å². The highest BCUT2D eigenvalue weighted by Gasteiger charge is 2.24. The number of hydrogen-bond donors (Lipinski definition) is 2. The maximum atomic E-state index is 11.9. The van der Waals surface area contributed by atoms with Gasteiger partial charge in [-0.05, 0) is 47.0 Å². The number of carbonyl (C=O) groups is 1. The largest absolute Gasteiger partial charge is 0.384 e. The molecule has 20 heavy (non-hydrogen) atoms.